The first-order valence-corrected chi connectivity index (χ1v) is 14.2. The predicted octanol–water partition coefficient (Wildman–Crippen LogP) is 4.71. The number of anilines is 1. The molecule has 0 bridgehead atoms. The largest absolute Gasteiger partial charge is 0.383 e. The molecule has 200 valence electrons. The first-order valence-electron chi connectivity index (χ1n) is 13.4. The van der Waals surface area contributed by atoms with E-state index < -0.39 is 0 Å². The Morgan fingerprint density at radius 3 is 2.37 bits per heavy atom. The van der Waals surface area contributed by atoms with Gasteiger partial charge in [-0.15, -0.1) is 0 Å². The number of likely N-dealkylation sites (N-methyl/N-ethyl adjacent to an activating group) is 1. The average molecular weight is 579 g/mol. The van der Waals surface area contributed by atoms with Crippen LogP contribution >= 0.6 is 15.9 Å². The fourth-order valence-electron chi connectivity index (χ4n) is 5.23. The van der Waals surface area contributed by atoms with Crippen molar-refractivity contribution in [3.8, 4) is 11.1 Å². The molecule has 1 amide bonds. The van der Waals surface area contributed by atoms with Crippen LogP contribution in [0, 0.1) is 0 Å². The first kappa shape index (κ1) is 26.8. The monoisotopic (exact) mass is 577 g/mol. The summed E-state index contributed by atoms with van der Waals surface area (Å²) in [6.07, 6.45) is 4.40. The van der Waals surface area contributed by atoms with Gasteiger partial charge in [-0.05, 0) is 70.6 Å². The molecule has 2 aliphatic rings. The van der Waals surface area contributed by atoms with Gasteiger partial charge in [0.25, 0.3) is 5.91 Å². The van der Waals surface area contributed by atoms with Gasteiger partial charge in [0.2, 0.25) is 0 Å². The molecule has 38 heavy (non-hydrogen) atoms. The number of carbonyl (C=O) groups is 1. The van der Waals surface area contributed by atoms with Crippen LogP contribution < -0.4 is 11.1 Å². The lowest BCUT2D eigenvalue weighted by atomic mass is 10.0. The Balaban J connectivity index is 1.13. The number of aromatic nitrogens is 1. The van der Waals surface area contributed by atoms with Gasteiger partial charge in [-0.2, -0.15) is 0 Å². The summed E-state index contributed by atoms with van der Waals surface area (Å²) < 4.78 is 6.98. The van der Waals surface area contributed by atoms with Crippen LogP contribution in [0.3, 0.4) is 0 Å². The number of nitrogens with one attached hydrogen (secondary N) is 1. The highest BCUT2D eigenvalue weighted by molar-refractivity contribution is 9.10. The Hall–Kier alpha value is -2.78. The molecular weight excluding hydrogens is 542 g/mol. The maximum Gasteiger partial charge on any atom is 0.255 e. The number of nitrogen functional groups attached to an aromatic ring is 1. The number of rotatable bonds is 8. The zero-order valence-electron chi connectivity index (χ0n) is 21.9. The molecule has 3 N–H and O–H groups in total. The van der Waals surface area contributed by atoms with Crippen molar-refractivity contribution < 1.29 is 9.53 Å². The number of nitrogens with two attached hydrogens (primary N) is 1. The molecule has 3 aromatic rings. The Morgan fingerprint density at radius 1 is 1.03 bits per heavy atom. The van der Waals surface area contributed by atoms with Crippen molar-refractivity contribution in [3.05, 3.63) is 82.0 Å². The zero-order valence-corrected chi connectivity index (χ0v) is 23.5. The first-order chi connectivity index (χ1) is 18.4. The summed E-state index contributed by atoms with van der Waals surface area (Å²) in [7, 11) is 2.19. The molecule has 1 saturated carbocycles. The van der Waals surface area contributed by atoms with Gasteiger partial charge in [-0.1, -0.05) is 48.5 Å². The van der Waals surface area contributed by atoms with Crippen molar-refractivity contribution in [1.82, 2.24) is 20.1 Å². The highest BCUT2D eigenvalue weighted by Gasteiger charge is 2.30. The maximum absolute atomic E-state index is 12.8. The van der Waals surface area contributed by atoms with Crippen LogP contribution in [-0.4, -0.2) is 66.1 Å². The van der Waals surface area contributed by atoms with Crippen molar-refractivity contribution in [2.24, 2.45) is 0 Å². The van der Waals surface area contributed by atoms with Crippen LogP contribution in [0.4, 0.5) is 5.82 Å². The molecule has 7 nitrogen and oxygen atoms in total. The summed E-state index contributed by atoms with van der Waals surface area (Å²) >= 11 is 3.36. The number of hydrogen-bond donors (Lipinski definition) is 2. The van der Waals surface area contributed by atoms with Gasteiger partial charge >= 0.3 is 0 Å². The predicted molar refractivity (Wildman–Crippen MR) is 155 cm³/mol. The fourth-order valence-corrected chi connectivity index (χ4v) is 5.56. The number of ether oxygens (including phenoxy) is 1. The standard InChI is InChI=1S/C30H36BrN5O2/c1-35-13-15-36(16-14-35)19-21-5-9-23(10-6-21)24-11-7-22(8-12-24)20-38-28-4-2-3-27(28)34-30(37)26-17-25(31)18-33-29(26)32/h5-12,17-18,27-28H,2-4,13-16,19-20H2,1H3,(H2,32,33)(H,34,37)/t27-,28-/m0/s1. The quantitative estimate of drug-likeness (QED) is 0.403. The van der Waals surface area contributed by atoms with Crippen molar-refractivity contribution in [3.63, 3.8) is 0 Å². The van der Waals surface area contributed by atoms with Gasteiger partial charge in [0.15, 0.2) is 0 Å². The lowest BCUT2D eigenvalue weighted by Crippen LogP contribution is -2.43. The van der Waals surface area contributed by atoms with Gasteiger partial charge in [-0.3, -0.25) is 9.69 Å². The number of carbonyl (C=O) groups excluding carboxylic acids is 1. The molecule has 1 aromatic heterocycles. The summed E-state index contributed by atoms with van der Waals surface area (Å²) in [4.78, 5) is 21.8. The topological polar surface area (TPSA) is 83.7 Å². The van der Waals surface area contributed by atoms with Crippen molar-refractivity contribution in [1.29, 1.82) is 0 Å². The van der Waals surface area contributed by atoms with Gasteiger partial charge in [0, 0.05) is 43.4 Å². The molecule has 0 radical (unpaired) electrons. The Morgan fingerprint density at radius 2 is 1.68 bits per heavy atom. The molecule has 0 spiro atoms. The van der Waals surface area contributed by atoms with E-state index in [2.05, 4.69) is 91.6 Å². The highest BCUT2D eigenvalue weighted by atomic mass is 79.9. The second kappa shape index (κ2) is 12.4. The van der Waals surface area contributed by atoms with Crippen LogP contribution in [-0.2, 0) is 17.9 Å². The van der Waals surface area contributed by atoms with E-state index in [1.54, 1.807) is 12.3 Å². The van der Waals surface area contributed by atoms with Crippen LogP contribution in [0.2, 0.25) is 0 Å². The minimum atomic E-state index is -0.212. The zero-order chi connectivity index (χ0) is 26.5. The van der Waals surface area contributed by atoms with Gasteiger partial charge < -0.3 is 20.7 Å². The Kier molecular flexibility index (Phi) is 8.74. The number of pyridine rings is 1. The Bertz CT molecular complexity index is 1230. The van der Waals surface area contributed by atoms with Crippen molar-refractivity contribution >= 4 is 27.7 Å². The molecule has 2 aromatic carbocycles. The molecular formula is C30H36BrN5O2. The van der Waals surface area contributed by atoms with E-state index in [9.17, 15) is 4.79 Å². The van der Waals surface area contributed by atoms with Crippen molar-refractivity contribution in [2.45, 2.75) is 44.6 Å². The van der Waals surface area contributed by atoms with E-state index in [-0.39, 0.29) is 23.9 Å². The number of nitrogens with zero attached hydrogens (tertiary/aromatic N) is 3. The highest BCUT2D eigenvalue weighted by Crippen LogP contribution is 2.26. The molecule has 1 aliphatic heterocycles. The Labute approximate surface area is 233 Å². The van der Waals surface area contributed by atoms with Crippen molar-refractivity contribution in [2.75, 3.05) is 39.0 Å². The number of piperazine rings is 1. The second-order valence-electron chi connectivity index (χ2n) is 10.4. The normalized spacial score (nSPS) is 20.5. The molecule has 1 aliphatic carbocycles. The second-order valence-corrected chi connectivity index (χ2v) is 11.3. The molecule has 2 heterocycles. The molecule has 2 atom stereocenters. The van der Waals surface area contributed by atoms with Crippen LogP contribution in [0.15, 0.2) is 65.3 Å². The summed E-state index contributed by atoms with van der Waals surface area (Å²) in [5, 5.41) is 3.10. The lowest BCUT2D eigenvalue weighted by Gasteiger charge is -2.32. The minimum Gasteiger partial charge on any atom is -0.383 e. The molecule has 1 saturated heterocycles. The fraction of sp³-hybridized carbons (Fsp3) is 0.400. The number of halogens is 1. The van der Waals surface area contributed by atoms with E-state index in [0.29, 0.717) is 12.2 Å². The number of amides is 1. The summed E-state index contributed by atoms with van der Waals surface area (Å²) in [6.45, 7) is 6.08. The van der Waals surface area contributed by atoms with Gasteiger partial charge in [-0.25, -0.2) is 4.98 Å². The number of benzene rings is 2. The summed E-state index contributed by atoms with van der Waals surface area (Å²) in [5.74, 6) is 0.0154. The molecule has 8 heteroatoms. The van der Waals surface area contributed by atoms with E-state index in [0.717, 1.165) is 62.0 Å². The molecule has 2 fully saturated rings. The third-order valence-corrected chi connectivity index (χ3v) is 8.04. The number of hydrogen-bond acceptors (Lipinski definition) is 6. The maximum atomic E-state index is 12.8. The third-order valence-electron chi connectivity index (χ3n) is 7.61. The third kappa shape index (κ3) is 6.80. The van der Waals surface area contributed by atoms with Crippen LogP contribution in [0.25, 0.3) is 11.1 Å². The van der Waals surface area contributed by atoms with Crippen LogP contribution in [0.5, 0.6) is 0 Å². The summed E-state index contributed by atoms with van der Waals surface area (Å²) in [6, 6.07) is 19.2. The molecule has 5 rings (SSSR count). The molecule has 0 unspecified atom stereocenters. The minimum absolute atomic E-state index is 0.0205. The smallest absolute Gasteiger partial charge is 0.255 e. The van der Waals surface area contributed by atoms with Gasteiger partial charge in [0.1, 0.15) is 5.82 Å². The van der Waals surface area contributed by atoms with Gasteiger partial charge in [0.05, 0.1) is 24.3 Å². The van der Waals surface area contributed by atoms with E-state index in [1.165, 1.54) is 16.7 Å². The SMILES string of the molecule is CN1CCN(Cc2ccc(-c3ccc(CO[C@H]4CCC[C@@H]4NC(=O)c4cc(Br)cnc4N)cc3)cc2)CC1. The van der Waals surface area contributed by atoms with E-state index in [4.69, 9.17) is 10.5 Å². The summed E-state index contributed by atoms with van der Waals surface area (Å²) in [5.41, 5.74) is 11.2. The van der Waals surface area contributed by atoms with E-state index in [1.807, 2.05) is 0 Å². The lowest BCUT2D eigenvalue weighted by molar-refractivity contribution is 0.0272. The van der Waals surface area contributed by atoms with E-state index >= 15 is 0 Å². The van der Waals surface area contributed by atoms with Crippen LogP contribution in [0.1, 0.15) is 40.7 Å². The average Bonchev–Trinajstić information content (AvgIpc) is 3.37.